The normalized spacial score (nSPS) is 12.4. The van der Waals surface area contributed by atoms with Gasteiger partial charge in [-0.05, 0) is 32.3 Å². The van der Waals surface area contributed by atoms with Gasteiger partial charge in [-0.1, -0.05) is 36.8 Å². The number of methoxy groups -OCH3 is 1. The van der Waals surface area contributed by atoms with Crippen LogP contribution in [0, 0.1) is 6.92 Å². The highest BCUT2D eigenvalue weighted by Gasteiger charge is 2.05. The SMILES string of the molecule is CCNC(=NCC(C)c1cccc(C)c1)NCCCCOCCOC.I. The third-order valence-electron chi connectivity index (χ3n) is 3.92. The molecule has 0 aliphatic rings. The fourth-order valence-corrected chi connectivity index (χ4v) is 2.43. The van der Waals surface area contributed by atoms with Crippen LogP contribution in [0.2, 0.25) is 0 Å². The van der Waals surface area contributed by atoms with E-state index in [1.165, 1.54) is 11.1 Å². The topological polar surface area (TPSA) is 54.9 Å². The van der Waals surface area contributed by atoms with Gasteiger partial charge in [0.15, 0.2) is 5.96 Å². The van der Waals surface area contributed by atoms with Crippen molar-refractivity contribution in [3.05, 3.63) is 35.4 Å². The first-order valence-electron chi connectivity index (χ1n) is 9.32. The molecular weight excluding hydrogens is 441 g/mol. The van der Waals surface area contributed by atoms with Crippen molar-refractivity contribution in [3.63, 3.8) is 0 Å². The highest BCUT2D eigenvalue weighted by molar-refractivity contribution is 14.0. The second-order valence-electron chi connectivity index (χ2n) is 6.27. The van der Waals surface area contributed by atoms with E-state index >= 15 is 0 Å². The van der Waals surface area contributed by atoms with Gasteiger partial charge in [0.05, 0.1) is 13.2 Å². The van der Waals surface area contributed by atoms with Gasteiger partial charge >= 0.3 is 0 Å². The van der Waals surface area contributed by atoms with E-state index in [2.05, 4.69) is 55.7 Å². The summed E-state index contributed by atoms with van der Waals surface area (Å²) in [5, 5.41) is 6.71. The largest absolute Gasteiger partial charge is 0.382 e. The molecule has 6 heteroatoms. The number of rotatable bonds is 12. The Morgan fingerprint density at radius 1 is 1.15 bits per heavy atom. The molecule has 1 atom stereocenters. The predicted octanol–water partition coefficient (Wildman–Crippen LogP) is 3.71. The van der Waals surface area contributed by atoms with Crippen molar-refractivity contribution >= 4 is 29.9 Å². The minimum Gasteiger partial charge on any atom is -0.382 e. The Labute approximate surface area is 176 Å². The number of guanidine groups is 1. The van der Waals surface area contributed by atoms with E-state index in [4.69, 9.17) is 14.5 Å². The number of ether oxygens (including phenoxy) is 2. The fourth-order valence-electron chi connectivity index (χ4n) is 2.43. The van der Waals surface area contributed by atoms with Crippen molar-refractivity contribution in [2.24, 2.45) is 4.99 Å². The van der Waals surface area contributed by atoms with Gasteiger partial charge in [-0.2, -0.15) is 0 Å². The van der Waals surface area contributed by atoms with Gasteiger partial charge in [0, 0.05) is 39.3 Å². The number of halogens is 1. The minimum absolute atomic E-state index is 0. The van der Waals surface area contributed by atoms with Gasteiger partial charge in [0.25, 0.3) is 0 Å². The maximum absolute atomic E-state index is 5.47. The zero-order valence-corrected chi connectivity index (χ0v) is 19.0. The lowest BCUT2D eigenvalue weighted by Gasteiger charge is -2.14. The van der Waals surface area contributed by atoms with Crippen molar-refractivity contribution in [3.8, 4) is 0 Å². The van der Waals surface area contributed by atoms with E-state index in [9.17, 15) is 0 Å². The highest BCUT2D eigenvalue weighted by Crippen LogP contribution is 2.16. The lowest BCUT2D eigenvalue weighted by atomic mass is 10.00. The summed E-state index contributed by atoms with van der Waals surface area (Å²) in [6, 6.07) is 8.66. The molecule has 1 aromatic rings. The molecule has 26 heavy (non-hydrogen) atoms. The third kappa shape index (κ3) is 11.7. The second kappa shape index (κ2) is 16.3. The van der Waals surface area contributed by atoms with Gasteiger partial charge in [0.1, 0.15) is 0 Å². The summed E-state index contributed by atoms with van der Waals surface area (Å²) < 4.78 is 10.4. The molecule has 0 heterocycles. The van der Waals surface area contributed by atoms with Gasteiger partial charge in [-0.3, -0.25) is 4.99 Å². The average Bonchev–Trinajstić information content (AvgIpc) is 2.61. The van der Waals surface area contributed by atoms with Crippen molar-refractivity contribution in [2.45, 2.75) is 39.5 Å². The molecule has 0 radical (unpaired) electrons. The Bertz CT molecular complexity index is 498. The van der Waals surface area contributed by atoms with Gasteiger partial charge in [0.2, 0.25) is 0 Å². The molecule has 0 aromatic heterocycles. The van der Waals surface area contributed by atoms with E-state index in [1.807, 2.05) is 0 Å². The molecule has 0 saturated carbocycles. The zero-order valence-electron chi connectivity index (χ0n) is 16.7. The van der Waals surface area contributed by atoms with Crippen LogP contribution in [-0.2, 0) is 9.47 Å². The van der Waals surface area contributed by atoms with Crippen molar-refractivity contribution in [1.29, 1.82) is 0 Å². The first-order chi connectivity index (χ1) is 12.2. The highest BCUT2D eigenvalue weighted by atomic mass is 127. The first kappa shape index (κ1) is 25.1. The molecule has 0 fully saturated rings. The minimum atomic E-state index is 0. The van der Waals surface area contributed by atoms with Crippen LogP contribution in [0.3, 0.4) is 0 Å². The summed E-state index contributed by atoms with van der Waals surface area (Å²) in [6.45, 7) is 11.1. The number of unbranched alkanes of at least 4 members (excludes halogenated alkanes) is 1. The molecule has 1 aromatic carbocycles. The molecular formula is C20H36IN3O2. The Kier molecular flexibility index (Phi) is 15.8. The summed E-state index contributed by atoms with van der Waals surface area (Å²) >= 11 is 0. The molecule has 0 aliphatic heterocycles. The Hall–Kier alpha value is -0.860. The van der Waals surface area contributed by atoms with E-state index in [0.29, 0.717) is 19.1 Å². The van der Waals surface area contributed by atoms with Gasteiger partial charge in [-0.25, -0.2) is 0 Å². The summed E-state index contributed by atoms with van der Waals surface area (Å²) in [6.07, 6.45) is 2.10. The van der Waals surface area contributed by atoms with Crippen LogP contribution in [0.25, 0.3) is 0 Å². The Balaban J connectivity index is 0.00000625. The van der Waals surface area contributed by atoms with Crippen molar-refractivity contribution in [2.75, 3.05) is 46.6 Å². The maximum atomic E-state index is 5.47. The van der Waals surface area contributed by atoms with Gasteiger partial charge in [-0.15, -0.1) is 24.0 Å². The summed E-state index contributed by atoms with van der Waals surface area (Å²) in [7, 11) is 1.69. The first-order valence-corrected chi connectivity index (χ1v) is 9.32. The standard InChI is InChI=1S/C20H35N3O2.HI/c1-5-21-20(22-11-6-7-12-25-14-13-24-4)23-16-18(3)19-10-8-9-17(2)15-19;/h8-10,15,18H,5-7,11-14,16H2,1-4H3,(H2,21,22,23);1H. The molecule has 1 unspecified atom stereocenters. The number of hydrogen-bond acceptors (Lipinski definition) is 3. The maximum Gasteiger partial charge on any atom is 0.191 e. The van der Waals surface area contributed by atoms with Crippen molar-refractivity contribution < 1.29 is 9.47 Å². The van der Waals surface area contributed by atoms with E-state index in [1.54, 1.807) is 7.11 Å². The monoisotopic (exact) mass is 477 g/mol. The molecule has 1 rings (SSSR count). The Morgan fingerprint density at radius 3 is 2.65 bits per heavy atom. The molecule has 150 valence electrons. The van der Waals surface area contributed by atoms with Crippen LogP contribution in [0.1, 0.15) is 43.7 Å². The fraction of sp³-hybridized carbons (Fsp3) is 0.650. The lowest BCUT2D eigenvalue weighted by molar-refractivity contribution is 0.0689. The predicted molar refractivity (Wildman–Crippen MR) is 121 cm³/mol. The van der Waals surface area contributed by atoms with E-state index in [-0.39, 0.29) is 24.0 Å². The number of nitrogens with one attached hydrogen (secondary N) is 2. The summed E-state index contributed by atoms with van der Waals surface area (Å²) in [5.41, 5.74) is 2.64. The number of benzene rings is 1. The number of hydrogen-bond donors (Lipinski definition) is 2. The zero-order chi connectivity index (χ0) is 18.3. The molecule has 0 amide bonds. The molecule has 0 bridgehead atoms. The van der Waals surface area contributed by atoms with Crippen LogP contribution in [0.5, 0.6) is 0 Å². The van der Waals surface area contributed by atoms with Crippen LogP contribution >= 0.6 is 24.0 Å². The van der Waals surface area contributed by atoms with Crippen LogP contribution in [0.4, 0.5) is 0 Å². The smallest absolute Gasteiger partial charge is 0.191 e. The average molecular weight is 477 g/mol. The van der Waals surface area contributed by atoms with E-state index < -0.39 is 0 Å². The van der Waals surface area contributed by atoms with Crippen molar-refractivity contribution in [1.82, 2.24) is 10.6 Å². The summed E-state index contributed by atoms with van der Waals surface area (Å²) in [4.78, 5) is 4.72. The molecule has 2 N–H and O–H groups in total. The number of nitrogens with zero attached hydrogens (tertiary/aromatic N) is 1. The molecule has 0 saturated heterocycles. The Morgan fingerprint density at radius 2 is 1.96 bits per heavy atom. The van der Waals surface area contributed by atoms with Gasteiger partial charge < -0.3 is 20.1 Å². The quantitative estimate of drug-likeness (QED) is 0.209. The number of aryl methyl sites for hydroxylation is 1. The molecule has 0 aliphatic carbocycles. The number of aliphatic imine (C=N–C) groups is 1. The van der Waals surface area contributed by atoms with Crippen LogP contribution < -0.4 is 10.6 Å². The lowest BCUT2D eigenvalue weighted by Crippen LogP contribution is -2.38. The van der Waals surface area contributed by atoms with Crippen LogP contribution in [-0.4, -0.2) is 52.5 Å². The third-order valence-corrected chi connectivity index (χ3v) is 3.92. The molecule has 5 nitrogen and oxygen atoms in total. The second-order valence-corrected chi connectivity index (χ2v) is 6.27. The van der Waals surface area contributed by atoms with Crippen LogP contribution in [0.15, 0.2) is 29.3 Å². The molecule has 0 spiro atoms. The van der Waals surface area contributed by atoms with E-state index in [0.717, 1.165) is 45.0 Å². The summed E-state index contributed by atoms with van der Waals surface area (Å²) in [5.74, 6) is 1.30.